The minimum absolute atomic E-state index is 0.0833. The second-order valence-electron chi connectivity index (χ2n) is 3.73. The molecule has 0 aliphatic carbocycles. The molecular weight excluding hydrogens is 290 g/mol. The molecule has 0 saturated heterocycles. The summed E-state index contributed by atoms with van der Waals surface area (Å²) in [6.07, 6.45) is 1.19. The van der Waals surface area contributed by atoms with Crippen LogP contribution in [-0.4, -0.2) is 37.3 Å². The van der Waals surface area contributed by atoms with Crippen molar-refractivity contribution >= 4 is 20.8 Å². The molecule has 0 aromatic carbocycles. The van der Waals surface area contributed by atoms with Gasteiger partial charge in [-0.3, -0.25) is 9.11 Å². The Balaban J connectivity index is 0. The van der Waals surface area contributed by atoms with E-state index in [1.807, 2.05) is 20.8 Å². The lowest BCUT2D eigenvalue weighted by molar-refractivity contribution is 0.0364. The third kappa shape index (κ3) is 10.8. The molecule has 0 amide bonds. The van der Waals surface area contributed by atoms with Crippen LogP contribution in [0.5, 0.6) is 0 Å². The van der Waals surface area contributed by atoms with Crippen molar-refractivity contribution in [3.63, 3.8) is 0 Å². The van der Waals surface area contributed by atoms with Gasteiger partial charge in [0.15, 0.2) is 0 Å². The van der Waals surface area contributed by atoms with Crippen LogP contribution in [0.2, 0.25) is 0 Å². The number of hydrogen-bond acceptors (Lipinski definition) is 7. The van der Waals surface area contributed by atoms with Gasteiger partial charge in [-0.2, -0.15) is 16.8 Å². The first-order chi connectivity index (χ1) is 7.77. The van der Waals surface area contributed by atoms with E-state index in [-0.39, 0.29) is 5.41 Å². The van der Waals surface area contributed by atoms with Gasteiger partial charge in [-0.05, 0) is 12.8 Å². The van der Waals surface area contributed by atoms with Gasteiger partial charge in [0.05, 0.1) is 0 Å². The molecule has 18 heavy (non-hydrogen) atoms. The molecule has 0 saturated carbocycles. The van der Waals surface area contributed by atoms with Crippen molar-refractivity contribution in [2.24, 2.45) is 11.1 Å². The van der Waals surface area contributed by atoms with E-state index in [0.717, 1.165) is 12.8 Å². The van der Waals surface area contributed by atoms with Crippen LogP contribution in [0.15, 0.2) is 0 Å². The molecule has 0 spiro atoms. The van der Waals surface area contributed by atoms with E-state index >= 15 is 0 Å². The van der Waals surface area contributed by atoms with Crippen molar-refractivity contribution in [2.45, 2.75) is 39.8 Å². The number of aliphatic hydroxyl groups is 1. The van der Waals surface area contributed by atoms with Gasteiger partial charge in [0, 0.05) is 5.41 Å². The number of aliphatic hydroxyl groups excluding tert-OH is 1. The van der Waals surface area contributed by atoms with E-state index in [1.54, 1.807) is 0 Å². The van der Waals surface area contributed by atoms with Crippen LogP contribution in [0.25, 0.3) is 0 Å². The van der Waals surface area contributed by atoms with Crippen molar-refractivity contribution < 1.29 is 34.7 Å². The summed E-state index contributed by atoms with van der Waals surface area (Å²) in [6, 6.07) is 0. The van der Waals surface area contributed by atoms with Crippen LogP contribution in [0.4, 0.5) is 0 Å². The van der Waals surface area contributed by atoms with Gasteiger partial charge in [-0.25, -0.2) is 0 Å². The fraction of sp³-hybridized carbons (Fsp3) is 1.00. The summed E-state index contributed by atoms with van der Waals surface area (Å²) in [4.78, 5) is 0. The first kappa shape index (κ1) is 20.0. The summed E-state index contributed by atoms with van der Waals surface area (Å²) in [5, 5.41) is 9.05. The Morgan fingerprint density at radius 3 is 1.39 bits per heavy atom. The van der Waals surface area contributed by atoms with Gasteiger partial charge in [-0.1, -0.05) is 20.8 Å². The Morgan fingerprint density at radius 1 is 1.11 bits per heavy atom. The van der Waals surface area contributed by atoms with Gasteiger partial charge in [0.1, 0.15) is 6.23 Å². The molecule has 1 unspecified atom stereocenters. The Hall–Kier alpha value is -0.300. The zero-order valence-corrected chi connectivity index (χ0v) is 11.9. The zero-order valence-electron chi connectivity index (χ0n) is 10.3. The highest BCUT2D eigenvalue weighted by molar-refractivity contribution is 7.94. The number of hydrogen-bond donors (Lipinski definition) is 4. The molecule has 0 rings (SSSR count). The Labute approximate surface area is 107 Å². The molecule has 0 bridgehead atoms. The average Bonchev–Trinajstić information content (AvgIpc) is 2.11. The fourth-order valence-electron chi connectivity index (χ4n) is 0.777. The van der Waals surface area contributed by atoms with Crippen LogP contribution in [0.1, 0.15) is 33.6 Å². The van der Waals surface area contributed by atoms with Gasteiger partial charge >= 0.3 is 20.8 Å². The molecule has 11 heteroatoms. The summed E-state index contributed by atoms with van der Waals surface area (Å²) >= 11 is 0. The largest absolute Gasteiger partial charge is 0.413 e. The van der Waals surface area contributed by atoms with Crippen LogP contribution in [0.3, 0.4) is 0 Å². The fourth-order valence-corrected chi connectivity index (χ4v) is 1.65. The molecule has 0 heterocycles. The molecule has 0 fully saturated rings. The van der Waals surface area contributed by atoms with Gasteiger partial charge in [-0.15, -0.1) is 3.63 Å². The maximum absolute atomic E-state index is 9.44. The molecular formula is C7H19NO8S2. The first-order valence-corrected chi connectivity index (χ1v) is 7.60. The summed E-state index contributed by atoms with van der Waals surface area (Å²) in [6.45, 7) is 6.08. The van der Waals surface area contributed by atoms with Crippen molar-refractivity contribution in [1.29, 1.82) is 0 Å². The maximum Gasteiger partial charge on any atom is 0.413 e. The normalized spacial score (nSPS) is 14.6. The van der Waals surface area contributed by atoms with E-state index in [4.69, 9.17) is 19.9 Å². The number of nitrogens with two attached hydrogens (primary N) is 1. The Morgan fingerprint density at radius 2 is 1.39 bits per heavy atom. The smallest absolute Gasteiger partial charge is 0.378 e. The second-order valence-corrected chi connectivity index (χ2v) is 5.98. The van der Waals surface area contributed by atoms with Crippen molar-refractivity contribution in [2.75, 3.05) is 0 Å². The Bertz CT molecular complexity index is 392. The lowest BCUT2D eigenvalue weighted by atomic mass is 9.83. The highest BCUT2D eigenvalue weighted by Gasteiger charge is 2.25. The lowest BCUT2D eigenvalue weighted by Crippen LogP contribution is -2.38. The summed E-state index contributed by atoms with van der Waals surface area (Å²) in [7, 11) is -10.2. The van der Waals surface area contributed by atoms with Crippen LogP contribution < -0.4 is 5.73 Å². The molecule has 0 aliphatic rings. The van der Waals surface area contributed by atoms with Crippen molar-refractivity contribution in [3.8, 4) is 0 Å². The van der Waals surface area contributed by atoms with Crippen LogP contribution in [-0.2, 0) is 24.4 Å². The summed E-state index contributed by atoms with van der Waals surface area (Å²) < 4.78 is 55.6. The third-order valence-corrected chi connectivity index (χ3v) is 3.88. The van der Waals surface area contributed by atoms with Crippen molar-refractivity contribution in [3.05, 3.63) is 0 Å². The van der Waals surface area contributed by atoms with E-state index < -0.39 is 27.0 Å². The van der Waals surface area contributed by atoms with Crippen molar-refractivity contribution in [1.82, 2.24) is 0 Å². The third-order valence-electron chi connectivity index (χ3n) is 2.50. The highest BCUT2D eigenvalue weighted by atomic mass is 32.3. The zero-order chi connectivity index (χ0) is 15.2. The first-order valence-electron chi connectivity index (χ1n) is 4.87. The lowest BCUT2D eigenvalue weighted by Gasteiger charge is -2.29. The van der Waals surface area contributed by atoms with E-state index in [1.165, 1.54) is 0 Å². The minimum atomic E-state index is -5.12. The molecule has 0 aliphatic heterocycles. The quantitative estimate of drug-likeness (QED) is 0.394. The molecule has 112 valence electrons. The number of rotatable bonds is 5. The predicted octanol–water partition coefficient (Wildman–Crippen LogP) is -0.302. The molecule has 0 aromatic rings. The maximum atomic E-state index is 9.44. The van der Waals surface area contributed by atoms with E-state index in [2.05, 4.69) is 3.63 Å². The summed E-state index contributed by atoms with van der Waals surface area (Å²) in [5.41, 5.74) is 5.26. The Kier molecular flexibility index (Phi) is 8.15. The van der Waals surface area contributed by atoms with Gasteiger partial charge in [0.2, 0.25) is 0 Å². The van der Waals surface area contributed by atoms with Crippen LogP contribution in [0, 0.1) is 5.41 Å². The molecule has 1 atom stereocenters. The topological polar surface area (TPSA) is 164 Å². The highest BCUT2D eigenvalue weighted by Crippen LogP contribution is 2.26. The molecule has 5 N–H and O–H groups in total. The minimum Gasteiger partial charge on any atom is -0.378 e. The molecule has 9 nitrogen and oxygen atoms in total. The second kappa shape index (κ2) is 7.33. The molecule has 0 aromatic heterocycles. The standard InChI is InChI=1S/C7H17NO.H2O7S2/c1-4-7(3,5-2)6(8)9;1-8(2,3)7-9(4,5)6/h6,9H,4-5,8H2,1-3H3;(H,1,2,3)(H,4,5,6). The molecule has 0 radical (unpaired) electrons. The monoisotopic (exact) mass is 309 g/mol. The summed E-state index contributed by atoms with van der Waals surface area (Å²) in [5.74, 6) is 0. The average molecular weight is 309 g/mol. The van der Waals surface area contributed by atoms with Crippen LogP contribution >= 0.6 is 0 Å². The van der Waals surface area contributed by atoms with E-state index in [0.29, 0.717) is 0 Å². The van der Waals surface area contributed by atoms with E-state index in [9.17, 15) is 16.8 Å². The van der Waals surface area contributed by atoms with Gasteiger partial charge in [0.25, 0.3) is 0 Å². The SMILES string of the molecule is CCC(C)(CC)C(N)O.O=S(=O)(O)OS(=O)(=O)O. The predicted molar refractivity (Wildman–Crippen MR) is 63.1 cm³/mol. The van der Waals surface area contributed by atoms with Gasteiger partial charge < -0.3 is 10.8 Å².